The van der Waals surface area contributed by atoms with Crippen LogP contribution < -0.4 is 10.1 Å². The number of methoxy groups -OCH3 is 1. The SMILES string of the molecule is COc1cccc(CN(CC(=O)N2CCNCC2)C(=O)c2cccc(Br)c2)c1. The number of benzene rings is 2. The summed E-state index contributed by atoms with van der Waals surface area (Å²) in [6, 6.07) is 14.8. The van der Waals surface area contributed by atoms with Crippen LogP contribution in [-0.2, 0) is 11.3 Å². The van der Waals surface area contributed by atoms with Crippen molar-refractivity contribution in [2.45, 2.75) is 6.54 Å². The first-order valence-corrected chi connectivity index (χ1v) is 10.0. The molecule has 7 heteroatoms. The average molecular weight is 446 g/mol. The molecule has 1 aliphatic rings. The number of rotatable bonds is 6. The van der Waals surface area contributed by atoms with Crippen LogP contribution in [0.15, 0.2) is 53.0 Å². The van der Waals surface area contributed by atoms with Crippen LogP contribution in [-0.4, -0.2) is 61.4 Å². The third-order valence-corrected chi connectivity index (χ3v) is 5.16. The average Bonchev–Trinajstić information content (AvgIpc) is 2.73. The minimum atomic E-state index is -0.174. The van der Waals surface area contributed by atoms with Crippen molar-refractivity contribution in [1.82, 2.24) is 15.1 Å². The van der Waals surface area contributed by atoms with Crippen LogP contribution in [0.5, 0.6) is 5.75 Å². The number of halogens is 1. The molecule has 148 valence electrons. The lowest BCUT2D eigenvalue weighted by atomic mass is 10.1. The normalized spacial score (nSPS) is 13.9. The lowest BCUT2D eigenvalue weighted by Gasteiger charge is -2.30. The van der Waals surface area contributed by atoms with Gasteiger partial charge in [-0.3, -0.25) is 9.59 Å². The zero-order valence-corrected chi connectivity index (χ0v) is 17.4. The first kappa shape index (κ1) is 20.4. The predicted octanol–water partition coefficient (Wildman–Crippen LogP) is 2.53. The van der Waals surface area contributed by atoms with Gasteiger partial charge >= 0.3 is 0 Å². The van der Waals surface area contributed by atoms with Gasteiger partial charge in [0, 0.05) is 42.8 Å². The van der Waals surface area contributed by atoms with E-state index in [9.17, 15) is 9.59 Å². The van der Waals surface area contributed by atoms with Gasteiger partial charge in [-0.15, -0.1) is 0 Å². The number of hydrogen-bond acceptors (Lipinski definition) is 4. The van der Waals surface area contributed by atoms with Gasteiger partial charge in [-0.25, -0.2) is 0 Å². The Morgan fingerprint density at radius 2 is 1.89 bits per heavy atom. The molecular weight excluding hydrogens is 422 g/mol. The molecule has 6 nitrogen and oxygen atoms in total. The van der Waals surface area contributed by atoms with Gasteiger partial charge < -0.3 is 19.9 Å². The third-order valence-electron chi connectivity index (χ3n) is 4.66. The van der Waals surface area contributed by atoms with Crippen LogP contribution in [0.25, 0.3) is 0 Å². The van der Waals surface area contributed by atoms with Crippen molar-refractivity contribution < 1.29 is 14.3 Å². The van der Waals surface area contributed by atoms with Crippen LogP contribution in [0.4, 0.5) is 0 Å². The molecule has 1 N–H and O–H groups in total. The van der Waals surface area contributed by atoms with Gasteiger partial charge in [-0.2, -0.15) is 0 Å². The van der Waals surface area contributed by atoms with Crippen LogP contribution >= 0.6 is 15.9 Å². The van der Waals surface area contributed by atoms with Gasteiger partial charge in [0.15, 0.2) is 0 Å². The second kappa shape index (κ2) is 9.71. The van der Waals surface area contributed by atoms with Crippen LogP contribution in [0, 0.1) is 0 Å². The number of hydrogen-bond donors (Lipinski definition) is 1. The standard InChI is InChI=1S/C21H24BrN3O3/c1-28-19-7-2-4-16(12-19)14-25(15-20(26)24-10-8-23-9-11-24)21(27)17-5-3-6-18(22)13-17/h2-7,12-13,23H,8-11,14-15H2,1H3. The summed E-state index contributed by atoms with van der Waals surface area (Å²) >= 11 is 3.41. The van der Waals surface area contributed by atoms with E-state index in [-0.39, 0.29) is 18.4 Å². The number of carbonyl (C=O) groups excluding carboxylic acids is 2. The molecule has 2 aromatic rings. The summed E-state index contributed by atoms with van der Waals surface area (Å²) < 4.78 is 6.11. The molecule has 1 heterocycles. The van der Waals surface area contributed by atoms with E-state index in [1.165, 1.54) is 0 Å². The molecule has 1 aliphatic heterocycles. The smallest absolute Gasteiger partial charge is 0.254 e. The Hall–Kier alpha value is -2.38. The summed E-state index contributed by atoms with van der Waals surface area (Å²) in [6.45, 7) is 3.26. The highest BCUT2D eigenvalue weighted by atomic mass is 79.9. The minimum absolute atomic E-state index is 0.0345. The Kier molecular flexibility index (Phi) is 7.06. The van der Waals surface area contributed by atoms with Gasteiger partial charge in [-0.05, 0) is 35.9 Å². The van der Waals surface area contributed by atoms with Crippen molar-refractivity contribution in [3.63, 3.8) is 0 Å². The van der Waals surface area contributed by atoms with Crippen molar-refractivity contribution in [3.05, 3.63) is 64.1 Å². The molecule has 1 fully saturated rings. The maximum Gasteiger partial charge on any atom is 0.254 e. The van der Waals surface area contributed by atoms with E-state index in [1.54, 1.807) is 24.1 Å². The third kappa shape index (κ3) is 5.33. The second-order valence-electron chi connectivity index (χ2n) is 6.65. The fourth-order valence-corrected chi connectivity index (χ4v) is 3.57. The van der Waals surface area contributed by atoms with Crippen LogP contribution in [0.1, 0.15) is 15.9 Å². The molecule has 2 amide bonds. The van der Waals surface area contributed by atoms with Gasteiger partial charge in [0.1, 0.15) is 12.3 Å². The Labute approximate surface area is 173 Å². The summed E-state index contributed by atoms with van der Waals surface area (Å²) in [5.41, 5.74) is 1.46. The number of ether oxygens (including phenoxy) is 1. The van der Waals surface area contributed by atoms with E-state index >= 15 is 0 Å². The van der Waals surface area contributed by atoms with E-state index in [2.05, 4.69) is 21.2 Å². The number of nitrogens with one attached hydrogen (secondary N) is 1. The Morgan fingerprint density at radius 1 is 1.14 bits per heavy atom. The van der Waals surface area contributed by atoms with Gasteiger partial charge in [0.2, 0.25) is 5.91 Å². The lowest BCUT2D eigenvalue weighted by molar-refractivity contribution is -0.132. The van der Waals surface area contributed by atoms with E-state index in [0.29, 0.717) is 25.2 Å². The first-order valence-electron chi connectivity index (χ1n) is 9.23. The molecule has 0 bridgehead atoms. The molecule has 0 radical (unpaired) electrons. The molecular formula is C21H24BrN3O3. The summed E-state index contributed by atoms with van der Waals surface area (Å²) in [5, 5.41) is 3.24. The highest BCUT2D eigenvalue weighted by molar-refractivity contribution is 9.10. The molecule has 2 aromatic carbocycles. The molecule has 3 rings (SSSR count). The molecule has 28 heavy (non-hydrogen) atoms. The summed E-state index contributed by atoms with van der Waals surface area (Å²) in [4.78, 5) is 29.4. The molecule has 0 atom stereocenters. The largest absolute Gasteiger partial charge is 0.497 e. The first-order chi connectivity index (χ1) is 13.6. The van der Waals surface area contributed by atoms with Crippen molar-refractivity contribution in [2.24, 2.45) is 0 Å². The summed E-state index contributed by atoms with van der Waals surface area (Å²) in [5.74, 6) is 0.515. The predicted molar refractivity (Wildman–Crippen MR) is 111 cm³/mol. The van der Waals surface area contributed by atoms with E-state index < -0.39 is 0 Å². The Balaban J connectivity index is 1.81. The molecule has 0 unspecified atom stereocenters. The highest BCUT2D eigenvalue weighted by Gasteiger charge is 2.23. The van der Waals surface area contributed by atoms with Crippen LogP contribution in [0.3, 0.4) is 0 Å². The maximum atomic E-state index is 13.2. The number of carbonyl (C=O) groups is 2. The Morgan fingerprint density at radius 3 is 2.61 bits per heavy atom. The monoisotopic (exact) mass is 445 g/mol. The number of piperazine rings is 1. The van der Waals surface area contributed by atoms with Gasteiger partial charge in [0.25, 0.3) is 5.91 Å². The molecule has 0 aliphatic carbocycles. The number of amides is 2. The quantitative estimate of drug-likeness (QED) is 0.741. The Bertz CT molecular complexity index is 837. The van der Waals surface area contributed by atoms with Gasteiger partial charge in [0.05, 0.1) is 7.11 Å². The zero-order valence-electron chi connectivity index (χ0n) is 15.9. The fourth-order valence-electron chi connectivity index (χ4n) is 3.17. The van der Waals surface area contributed by atoms with Crippen molar-refractivity contribution in [3.8, 4) is 5.75 Å². The lowest BCUT2D eigenvalue weighted by Crippen LogP contribution is -2.50. The number of nitrogens with zero attached hydrogens (tertiary/aromatic N) is 2. The van der Waals surface area contributed by atoms with E-state index in [4.69, 9.17) is 4.74 Å². The van der Waals surface area contributed by atoms with Crippen molar-refractivity contribution >= 4 is 27.7 Å². The summed E-state index contributed by atoms with van der Waals surface area (Å²) in [7, 11) is 1.61. The molecule has 1 saturated heterocycles. The van der Waals surface area contributed by atoms with Crippen molar-refractivity contribution in [1.29, 1.82) is 0 Å². The highest BCUT2D eigenvalue weighted by Crippen LogP contribution is 2.18. The maximum absolute atomic E-state index is 13.2. The van der Waals surface area contributed by atoms with E-state index in [0.717, 1.165) is 28.9 Å². The second-order valence-corrected chi connectivity index (χ2v) is 7.57. The minimum Gasteiger partial charge on any atom is -0.497 e. The topological polar surface area (TPSA) is 61.9 Å². The van der Waals surface area contributed by atoms with Gasteiger partial charge in [-0.1, -0.05) is 34.1 Å². The molecule has 0 aromatic heterocycles. The van der Waals surface area contributed by atoms with Crippen LogP contribution in [0.2, 0.25) is 0 Å². The zero-order chi connectivity index (χ0) is 19.9. The van der Waals surface area contributed by atoms with E-state index in [1.807, 2.05) is 41.3 Å². The fraction of sp³-hybridized carbons (Fsp3) is 0.333. The van der Waals surface area contributed by atoms with Crippen molar-refractivity contribution in [2.75, 3.05) is 39.8 Å². The molecule has 0 spiro atoms. The molecule has 0 saturated carbocycles. The summed E-state index contributed by atoms with van der Waals surface area (Å²) in [6.07, 6.45) is 0.